The largest absolute Gasteiger partial charge is 0.508 e. The average molecular weight is 393 g/mol. The summed E-state index contributed by atoms with van der Waals surface area (Å²) < 4.78 is 0. The molecule has 0 unspecified atom stereocenters. The molecule has 1 aliphatic carbocycles. The van der Waals surface area contributed by atoms with E-state index in [4.69, 9.17) is 0 Å². The highest BCUT2D eigenvalue weighted by molar-refractivity contribution is 7.14. The summed E-state index contributed by atoms with van der Waals surface area (Å²) in [6, 6.07) is 13.5. The lowest BCUT2D eigenvalue weighted by Gasteiger charge is -2.06. The van der Waals surface area contributed by atoms with Gasteiger partial charge in [0.05, 0.1) is 5.69 Å². The second-order valence-electron chi connectivity index (χ2n) is 6.92. The number of thiazole rings is 1. The highest BCUT2D eigenvalue weighted by Gasteiger charge is 2.39. The van der Waals surface area contributed by atoms with E-state index in [-0.39, 0.29) is 23.5 Å². The Hall–Kier alpha value is -3.19. The number of hydrogen-bond acceptors (Lipinski definition) is 5. The molecule has 0 spiro atoms. The molecule has 1 heterocycles. The van der Waals surface area contributed by atoms with Gasteiger partial charge in [0.25, 0.3) is 5.91 Å². The molecule has 0 bridgehead atoms. The highest BCUT2D eigenvalue weighted by Crippen LogP contribution is 2.38. The van der Waals surface area contributed by atoms with Crippen molar-refractivity contribution in [2.45, 2.75) is 13.3 Å². The predicted octanol–water partition coefficient (Wildman–Crippen LogP) is 4.36. The molecule has 6 nitrogen and oxygen atoms in total. The van der Waals surface area contributed by atoms with Crippen LogP contribution in [0.2, 0.25) is 0 Å². The molecule has 2 amide bonds. The molecule has 1 aliphatic rings. The second kappa shape index (κ2) is 7.44. The lowest BCUT2D eigenvalue weighted by atomic mass is 10.2. The van der Waals surface area contributed by atoms with E-state index < -0.39 is 0 Å². The first-order valence-corrected chi connectivity index (χ1v) is 9.85. The number of aromatic nitrogens is 1. The Labute approximate surface area is 166 Å². The fourth-order valence-corrected chi connectivity index (χ4v) is 3.61. The molecule has 0 radical (unpaired) electrons. The minimum Gasteiger partial charge on any atom is -0.508 e. The Morgan fingerprint density at radius 2 is 1.75 bits per heavy atom. The normalized spacial score (nSPS) is 17.8. The molecule has 28 heavy (non-hydrogen) atoms. The summed E-state index contributed by atoms with van der Waals surface area (Å²) in [5.41, 5.74) is 2.76. The summed E-state index contributed by atoms with van der Waals surface area (Å²) in [5, 5.41) is 17.4. The summed E-state index contributed by atoms with van der Waals surface area (Å²) in [6.45, 7) is 2.06. The van der Waals surface area contributed by atoms with Gasteiger partial charge in [0.15, 0.2) is 5.13 Å². The molecule has 0 saturated heterocycles. The number of anilines is 2. The number of hydrogen-bond donors (Lipinski definition) is 3. The third-order valence-corrected chi connectivity index (χ3v) is 5.51. The monoisotopic (exact) mass is 393 g/mol. The van der Waals surface area contributed by atoms with Crippen LogP contribution in [0.1, 0.15) is 23.7 Å². The topological polar surface area (TPSA) is 91.3 Å². The highest BCUT2D eigenvalue weighted by atomic mass is 32.1. The number of carbonyl (C=O) groups excluding carboxylic acids is 2. The molecule has 4 rings (SSSR count). The van der Waals surface area contributed by atoms with Crippen molar-refractivity contribution in [2.75, 3.05) is 10.6 Å². The minimum atomic E-state index is -0.264. The van der Waals surface area contributed by atoms with Crippen molar-refractivity contribution in [1.82, 2.24) is 4.98 Å². The molecule has 142 valence electrons. The molecule has 0 aliphatic heterocycles. The van der Waals surface area contributed by atoms with Crippen LogP contribution in [0.5, 0.6) is 5.75 Å². The van der Waals surface area contributed by atoms with Crippen molar-refractivity contribution < 1.29 is 14.7 Å². The Bertz CT molecular complexity index is 1010. The van der Waals surface area contributed by atoms with Gasteiger partial charge in [0.2, 0.25) is 5.91 Å². The molecule has 7 heteroatoms. The number of benzene rings is 2. The Kier molecular flexibility index (Phi) is 4.83. The van der Waals surface area contributed by atoms with Gasteiger partial charge in [-0.15, -0.1) is 11.3 Å². The fourth-order valence-electron chi connectivity index (χ4n) is 2.89. The van der Waals surface area contributed by atoms with Crippen molar-refractivity contribution in [3.63, 3.8) is 0 Å². The molecule has 2 atom stereocenters. The van der Waals surface area contributed by atoms with Gasteiger partial charge in [-0.3, -0.25) is 14.9 Å². The lowest BCUT2D eigenvalue weighted by Crippen LogP contribution is -2.15. The van der Waals surface area contributed by atoms with Crippen molar-refractivity contribution in [3.8, 4) is 17.0 Å². The summed E-state index contributed by atoms with van der Waals surface area (Å²) in [6.07, 6.45) is 0.937. The smallest absolute Gasteiger partial charge is 0.257 e. The van der Waals surface area contributed by atoms with Crippen LogP contribution in [0.25, 0.3) is 11.3 Å². The number of nitrogens with one attached hydrogen (secondary N) is 2. The number of phenolic OH excluding ortho intramolecular Hbond substituents is 1. The summed E-state index contributed by atoms with van der Waals surface area (Å²) in [7, 11) is 0. The molecule has 1 saturated carbocycles. The first kappa shape index (κ1) is 18.2. The number of aromatic hydroxyl groups is 1. The maximum Gasteiger partial charge on any atom is 0.257 e. The number of nitrogens with zero attached hydrogens (tertiary/aromatic N) is 1. The van der Waals surface area contributed by atoms with E-state index in [0.717, 1.165) is 17.7 Å². The third kappa shape index (κ3) is 4.04. The summed E-state index contributed by atoms with van der Waals surface area (Å²) in [5.74, 6) is 0.527. The second-order valence-corrected chi connectivity index (χ2v) is 7.78. The van der Waals surface area contributed by atoms with Crippen LogP contribution in [0, 0.1) is 11.8 Å². The van der Waals surface area contributed by atoms with Gasteiger partial charge in [0, 0.05) is 28.1 Å². The molecule has 3 N–H and O–H groups in total. The summed E-state index contributed by atoms with van der Waals surface area (Å²) >= 11 is 1.33. The fraction of sp³-hybridized carbons (Fsp3) is 0.190. The number of rotatable bonds is 5. The van der Waals surface area contributed by atoms with Gasteiger partial charge in [-0.2, -0.15) is 0 Å². The van der Waals surface area contributed by atoms with Crippen LogP contribution in [0.4, 0.5) is 10.8 Å². The van der Waals surface area contributed by atoms with Crippen LogP contribution >= 0.6 is 11.3 Å². The average Bonchev–Trinajstić information content (AvgIpc) is 3.25. The zero-order valence-electron chi connectivity index (χ0n) is 15.2. The zero-order valence-corrected chi connectivity index (χ0v) is 16.0. The maximum atomic E-state index is 12.4. The first-order valence-electron chi connectivity index (χ1n) is 8.97. The first-order chi connectivity index (χ1) is 13.5. The van der Waals surface area contributed by atoms with E-state index in [1.165, 1.54) is 11.3 Å². The van der Waals surface area contributed by atoms with Crippen LogP contribution in [0.15, 0.2) is 53.9 Å². The van der Waals surface area contributed by atoms with Crippen molar-refractivity contribution in [2.24, 2.45) is 11.8 Å². The van der Waals surface area contributed by atoms with E-state index >= 15 is 0 Å². The standard InChI is InChI=1S/C21H19N3O3S/c1-12-10-17(12)20(27)22-15-6-2-14(3-7-15)19(26)24-21-23-18(11-28-21)13-4-8-16(25)9-5-13/h2-9,11-12,17,25H,10H2,1H3,(H,22,27)(H,23,24,26)/t12-,17+/m0/s1. The van der Waals surface area contributed by atoms with E-state index in [2.05, 4.69) is 22.5 Å². The Morgan fingerprint density at radius 1 is 1.07 bits per heavy atom. The van der Waals surface area contributed by atoms with E-state index in [1.807, 2.05) is 5.38 Å². The molecule has 2 aromatic carbocycles. The van der Waals surface area contributed by atoms with Gasteiger partial charge >= 0.3 is 0 Å². The maximum absolute atomic E-state index is 12.4. The molecule has 1 fully saturated rings. The van der Waals surface area contributed by atoms with Gasteiger partial charge in [-0.25, -0.2) is 4.98 Å². The zero-order chi connectivity index (χ0) is 19.7. The van der Waals surface area contributed by atoms with Gasteiger partial charge < -0.3 is 10.4 Å². The molecule has 1 aromatic heterocycles. The predicted molar refractivity (Wildman–Crippen MR) is 110 cm³/mol. The van der Waals surface area contributed by atoms with E-state index in [9.17, 15) is 14.7 Å². The van der Waals surface area contributed by atoms with Crippen molar-refractivity contribution >= 4 is 34.0 Å². The van der Waals surface area contributed by atoms with Crippen LogP contribution in [-0.2, 0) is 4.79 Å². The SMILES string of the molecule is C[C@H]1C[C@H]1C(=O)Nc1ccc(C(=O)Nc2nc(-c3ccc(O)cc3)cs2)cc1. The van der Waals surface area contributed by atoms with Crippen LogP contribution in [-0.4, -0.2) is 21.9 Å². The van der Waals surface area contributed by atoms with Crippen LogP contribution < -0.4 is 10.6 Å². The molecule has 3 aromatic rings. The van der Waals surface area contributed by atoms with E-state index in [0.29, 0.717) is 22.3 Å². The minimum absolute atomic E-state index is 0.0363. The lowest BCUT2D eigenvalue weighted by molar-refractivity contribution is -0.117. The third-order valence-electron chi connectivity index (χ3n) is 4.75. The molecular formula is C21H19N3O3S. The van der Waals surface area contributed by atoms with Crippen molar-refractivity contribution in [3.05, 3.63) is 59.5 Å². The summed E-state index contributed by atoms with van der Waals surface area (Å²) in [4.78, 5) is 28.8. The number of phenols is 1. The Morgan fingerprint density at radius 3 is 2.39 bits per heavy atom. The van der Waals surface area contributed by atoms with E-state index in [1.54, 1.807) is 48.5 Å². The van der Waals surface area contributed by atoms with Gasteiger partial charge in [0.1, 0.15) is 5.75 Å². The van der Waals surface area contributed by atoms with Crippen molar-refractivity contribution in [1.29, 1.82) is 0 Å². The quantitative estimate of drug-likeness (QED) is 0.600. The number of amides is 2. The number of carbonyl (C=O) groups is 2. The van der Waals surface area contributed by atoms with Crippen LogP contribution in [0.3, 0.4) is 0 Å². The molecular weight excluding hydrogens is 374 g/mol. The van der Waals surface area contributed by atoms with Gasteiger partial charge in [-0.05, 0) is 60.9 Å². The van der Waals surface area contributed by atoms with Gasteiger partial charge in [-0.1, -0.05) is 6.92 Å². The Balaban J connectivity index is 1.38.